The molecule has 16 heavy (non-hydrogen) atoms. The Labute approximate surface area is 96.6 Å². The van der Waals surface area contributed by atoms with Crippen molar-refractivity contribution in [1.82, 2.24) is 11.5 Å². The van der Waals surface area contributed by atoms with Crippen molar-refractivity contribution in [1.29, 1.82) is 0 Å². The number of sulfone groups is 1. The first-order valence-corrected chi connectivity index (χ1v) is 6.96. The van der Waals surface area contributed by atoms with Gasteiger partial charge in [0.05, 0.1) is 11.5 Å². The Hall–Kier alpha value is -0.910. The molecule has 4 N–H and O–H groups in total. The molecule has 0 aromatic heterocycles. The van der Waals surface area contributed by atoms with E-state index in [9.17, 15) is 8.42 Å². The van der Waals surface area contributed by atoms with Crippen LogP contribution in [0.2, 0.25) is 0 Å². The minimum absolute atomic E-state index is 0. The van der Waals surface area contributed by atoms with Crippen molar-refractivity contribution in [3.8, 4) is 0 Å². The number of hydrogen-bond acceptors (Lipinski definition) is 4. The lowest BCUT2D eigenvalue weighted by Gasteiger charge is -2.10. The Morgan fingerprint density at radius 1 is 1.25 bits per heavy atom. The SMILES string of the molecule is N.O=S1(=O)CCC(NCc2ccccc2)C1. The van der Waals surface area contributed by atoms with Crippen LogP contribution in [0.3, 0.4) is 0 Å². The summed E-state index contributed by atoms with van der Waals surface area (Å²) in [5.74, 6) is 0.624. The summed E-state index contributed by atoms with van der Waals surface area (Å²) in [4.78, 5) is 0. The van der Waals surface area contributed by atoms with Gasteiger partial charge in [-0.15, -0.1) is 0 Å². The minimum atomic E-state index is -2.76. The molecule has 1 aliphatic rings. The summed E-state index contributed by atoms with van der Waals surface area (Å²) in [6.45, 7) is 0.751. The predicted molar refractivity (Wildman–Crippen MR) is 65.4 cm³/mol. The van der Waals surface area contributed by atoms with E-state index < -0.39 is 9.84 Å². The van der Waals surface area contributed by atoms with E-state index in [0.717, 1.165) is 13.0 Å². The molecule has 1 atom stereocenters. The van der Waals surface area contributed by atoms with Crippen LogP contribution in [0.1, 0.15) is 12.0 Å². The molecule has 0 radical (unpaired) electrons. The van der Waals surface area contributed by atoms with E-state index in [-0.39, 0.29) is 12.2 Å². The third kappa shape index (κ3) is 3.59. The molecular weight excluding hydrogens is 224 g/mol. The summed E-state index contributed by atoms with van der Waals surface area (Å²) >= 11 is 0. The van der Waals surface area contributed by atoms with Crippen molar-refractivity contribution in [3.05, 3.63) is 35.9 Å². The zero-order chi connectivity index (χ0) is 10.7. The molecule has 1 aromatic rings. The molecule has 0 spiro atoms. The van der Waals surface area contributed by atoms with E-state index in [4.69, 9.17) is 0 Å². The van der Waals surface area contributed by atoms with Gasteiger partial charge in [0.15, 0.2) is 9.84 Å². The van der Waals surface area contributed by atoms with E-state index in [1.165, 1.54) is 5.56 Å². The fraction of sp³-hybridized carbons (Fsp3) is 0.455. The molecule has 4 nitrogen and oxygen atoms in total. The fourth-order valence-electron chi connectivity index (χ4n) is 1.81. The molecule has 1 unspecified atom stereocenters. The van der Waals surface area contributed by atoms with Crippen LogP contribution < -0.4 is 11.5 Å². The highest BCUT2D eigenvalue weighted by Crippen LogP contribution is 2.11. The van der Waals surface area contributed by atoms with Gasteiger partial charge in [0.2, 0.25) is 0 Å². The van der Waals surface area contributed by atoms with Gasteiger partial charge >= 0.3 is 0 Å². The van der Waals surface area contributed by atoms with Gasteiger partial charge in [-0.3, -0.25) is 0 Å². The average Bonchev–Trinajstić information content (AvgIpc) is 2.57. The summed E-state index contributed by atoms with van der Waals surface area (Å²) in [6, 6.07) is 10.2. The second-order valence-electron chi connectivity index (χ2n) is 3.97. The van der Waals surface area contributed by atoms with Crippen LogP contribution in [-0.2, 0) is 16.4 Å². The lowest BCUT2D eigenvalue weighted by atomic mass is 10.2. The maximum atomic E-state index is 11.2. The summed E-state index contributed by atoms with van der Waals surface area (Å²) in [5.41, 5.74) is 1.20. The maximum Gasteiger partial charge on any atom is 0.151 e. The second-order valence-corrected chi connectivity index (χ2v) is 6.20. The third-order valence-corrected chi connectivity index (χ3v) is 4.44. The van der Waals surface area contributed by atoms with Crippen LogP contribution in [0.5, 0.6) is 0 Å². The molecule has 1 heterocycles. The Balaban J connectivity index is 0.00000128. The van der Waals surface area contributed by atoms with Crippen molar-refractivity contribution in [2.24, 2.45) is 0 Å². The molecule has 5 heteroatoms. The molecule has 90 valence electrons. The lowest BCUT2D eigenvalue weighted by molar-refractivity contribution is 0.554. The zero-order valence-corrected chi connectivity index (χ0v) is 10.0. The van der Waals surface area contributed by atoms with Crippen LogP contribution in [-0.4, -0.2) is 26.0 Å². The Morgan fingerprint density at radius 2 is 1.94 bits per heavy atom. The van der Waals surface area contributed by atoms with Crippen molar-refractivity contribution in [2.45, 2.75) is 19.0 Å². The number of nitrogens with one attached hydrogen (secondary N) is 1. The first-order valence-electron chi connectivity index (χ1n) is 5.13. The first-order chi connectivity index (χ1) is 7.16. The van der Waals surface area contributed by atoms with E-state index >= 15 is 0 Å². The van der Waals surface area contributed by atoms with E-state index in [0.29, 0.717) is 11.5 Å². The van der Waals surface area contributed by atoms with E-state index in [1.54, 1.807) is 0 Å². The normalized spacial score (nSPS) is 22.6. The standard InChI is InChI=1S/C11H15NO2S.H3N/c13-15(14)7-6-11(9-15)12-8-10-4-2-1-3-5-10;/h1-5,11-12H,6-9H2;1H3. The highest BCUT2D eigenvalue weighted by atomic mass is 32.2. The molecule has 0 aliphatic carbocycles. The van der Waals surface area contributed by atoms with Gasteiger partial charge in [-0.1, -0.05) is 30.3 Å². The number of benzene rings is 1. The van der Waals surface area contributed by atoms with Gasteiger partial charge < -0.3 is 11.5 Å². The quantitative estimate of drug-likeness (QED) is 0.832. The largest absolute Gasteiger partial charge is 0.344 e. The van der Waals surface area contributed by atoms with Crippen molar-refractivity contribution < 1.29 is 8.42 Å². The Bertz CT molecular complexity index is 417. The predicted octanol–water partition coefficient (Wildman–Crippen LogP) is 1.13. The van der Waals surface area contributed by atoms with Crippen LogP contribution >= 0.6 is 0 Å². The molecule has 0 saturated carbocycles. The first kappa shape index (κ1) is 13.2. The van der Waals surface area contributed by atoms with Crippen LogP contribution in [0, 0.1) is 0 Å². The van der Waals surface area contributed by atoms with Crippen LogP contribution in [0.15, 0.2) is 30.3 Å². The summed E-state index contributed by atoms with van der Waals surface area (Å²) in [7, 11) is -2.76. The smallest absolute Gasteiger partial charge is 0.151 e. The van der Waals surface area contributed by atoms with Gasteiger partial charge in [-0.25, -0.2) is 8.42 Å². The average molecular weight is 242 g/mol. The number of rotatable bonds is 3. The zero-order valence-electron chi connectivity index (χ0n) is 9.22. The molecule has 1 aromatic carbocycles. The van der Waals surface area contributed by atoms with E-state index in [2.05, 4.69) is 5.32 Å². The van der Waals surface area contributed by atoms with Gasteiger partial charge in [-0.2, -0.15) is 0 Å². The van der Waals surface area contributed by atoms with Gasteiger partial charge in [0, 0.05) is 12.6 Å². The molecule has 1 aliphatic heterocycles. The van der Waals surface area contributed by atoms with Crippen molar-refractivity contribution in [2.75, 3.05) is 11.5 Å². The summed E-state index contributed by atoms with van der Waals surface area (Å²) in [5, 5.41) is 3.27. The Kier molecular flexibility index (Phi) is 4.46. The topological polar surface area (TPSA) is 81.2 Å². The third-order valence-electron chi connectivity index (χ3n) is 2.67. The van der Waals surface area contributed by atoms with Crippen LogP contribution in [0.4, 0.5) is 0 Å². The molecule has 1 fully saturated rings. The van der Waals surface area contributed by atoms with Gasteiger partial charge in [0.25, 0.3) is 0 Å². The molecule has 1 saturated heterocycles. The molecule has 0 bridgehead atoms. The maximum absolute atomic E-state index is 11.2. The van der Waals surface area contributed by atoms with Crippen LogP contribution in [0.25, 0.3) is 0 Å². The Morgan fingerprint density at radius 3 is 2.50 bits per heavy atom. The monoisotopic (exact) mass is 242 g/mol. The van der Waals surface area contributed by atoms with Crippen molar-refractivity contribution in [3.63, 3.8) is 0 Å². The summed E-state index contributed by atoms with van der Waals surface area (Å²) < 4.78 is 22.4. The fourth-order valence-corrected chi connectivity index (χ4v) is 3.52. The van der Waals surface area contributed by atoms with Crippen molar-refractivity contribution >= 4 is 9.84 Å². The van der Waals surface area contributed by atoms with Gasteiger partial charge in [-0.05, 0) is 12.0 Å². The molecule has 0 amide bonds. The molecule has 2 rings (SSSR count). The highest BCUT2D eigenvalue weighted by Gasteiger charge is 2.26. The highest BCUT2D eigenvalue weighted by molar-refractivity contribution is 7.91. The van der Waals surface area contributed by atoms with E-state index in [1.807, 2.05) is 30.3 Å². The lowest BCUT2D eigenvalue weighted by Crippen LogP contribution is -2.29. The summed E-state index contributed by atoms with van der Waals surface area (Å²) in [6.07, 6.45) is 0.745. The molecular formula is C11H18N2O2S. The van der Waals surface area contributed by atoms with Gasteiger partial charge in [0.1, 0.15) is 0 Å². The number of hydrogen-bond donors (Lipinski definition) is 2. The minimum Gasteiger partial charge on any atom is -0.344 e. The second kappa shape index (κ2) is 5.43.